The van der Waals surface area contributed by atoms with Crippen LogP contribution in [-0.4, -0.2) is 4.98 Å². The van der Waals surface area contributed by atoms with Gasteiger partial charge in [-0.25, -0.2) is 0 Å². The van der Waals surface area contributed by atoms with Crippen LogP contribution in [0.5, 0.6) is 0 Å². The summed E-state index contributed by atoms with van der Waals surface area (Å²) in [6.07, 6.45) is 3.65. The third-order valence-corrected chi connectivity index (χ3v) is 6.88. The van der Waals surface area contributed by atoms with Gasteiger partial charge in [-0.2, -0.15) is 0 Å². The zero-order valence-corrected chi connectivity index (χ0v) is 18.2. The smallest absolute Gasteiger partial charge is 0.145 e. The first-order valence-corrected chi connectivity index (χ1v) is 11.0. The Morgan fingerprint density at radius 2 is 1.80 bits per heavy atom. The summed E-state index contributed by atoms with van der Waals surface area (Å²) in [5.41, 5.74) is 7.08. The molecule has 0 fully saturated rings. The van der Waals surface area contributed by atoms with Crippen LogP contribution < -0.4 is 0 Å². The fraction of sp³-hybridized carbons (Fsp3) is 0.192. The van der Waals surface area contributed by atoms with Crippen LogP contribution in [0.4, 0.5) is 0 Å². The SMILES string of the molecule is Cc1coc2c1ccc1oc3ccnc(-c4cc(C(C)(C)C)c5sccc5c4)c3c12. The maximum Gasteiger partial charge on any atom is 0.145 e. The maximum absolute atomic E-state index is 6.20. The average Bonchev–Trinajstić information content (AvgIpc) is 3.42. The van der Waals surface area contributed by atoms with E-state index in [1.807, 2.05) is 24.6 Å². The molecule has 6 rings (SSSR count). The standard InChI is InChI=1S/C26H21NO2S/c1-14-13-28-24-17(14)5-6-19-22(24)21-20(29-19)7-9-27-23(21)16-11-15-8-10-30-25(15)18(12-16)26(2,3)4/h5-13H,1-4H3. The highest BCUT2D eigenvalue weighted by Crippen LogP contribution is 2.42. The van der Waals surface area contributed by atoms with Crippen molar-refractivity contribution in [1.82, 2.24) is 4.98 Å². The molecule has 2 aromatic carbocycles. The van der Waals surface area contributed by atoms with E-state index in [-0.39, 0.29) is 5.41 Å². The molecule has 4 heteroatoms. The molecule has 0 aliphatic rings. The molecule has 0 amide bonds. The monoisotopic (exact) mass is 411 g/mol. The number of rotatable bonds is 1. The summed E-state index contributed by atoms with van der Waals surface area (Å²) in [4.78, 5) is 4.83. The Morgan fingerprint density at radius 1 is 0.967 bits per heavy atom. The van der Waals surface area contributed by atoms with Crippen molar-refractivity contribution in [3.63, 3.8) is 0 Å². The van der Waals surface area contributed by atoms with Crippen molar-refractivity contribution in [2.75, 3.05) is 0 Å². The number of pyridine rings is 1. The third kappa shape index (κ3) is 2.40. The zero-order valence-electron chi connectivity index (χ0n) is 17.4. The molecule has 0 atom stereocenters. The highest BCUT2D eigenvalue weighted by Gasteiger charge is 2.22. The third-order valence-electron chi connectivity index (χ3n) is 5.91. The van der Waals surface area contributed by atoms with Crippen molar-refractivity contribution in [3.05, 3.63) is 65.4 Å². The number of hydrogen-bond donors (Lipinski definition) is 0. The number of aromatic nitrogens is 1. The first-order valence-electron chi connectivity index (χ1n) is 10.1. The number of thiophene rings is 1. The van der Waals surface area contributed by atoms with E-state index in [0.29, 0.717) is 0 Å². The molecule has 148 valence electrons. The van der Waals surface area contributed by atoms with E-state index in [1.165, 1.54) is 15.6 Å². The zero-order chi connectivity index (χ0) is 20.6. The van der Waals surface area contributed by atoms with Crippen LogP contribution in [0.25, 0.3) is 54.3 Å². The number of nitrogens with zero attached hydrogens (tertiary/aromatic N) is 1. The van der Waals surface area contributed by atoms with E-state index < -0.39 is 0 Å². The molecule has 0 saturated carbocycles. The van der Waals surface area contributed by atoms with Gasteiger partial charge in [0.25, 0.3) is 0 Å². The van der Waals surface area contributed by atoms with Crippen LogP contribution in [0.15, 0.2) is 63.1 Å². The van der Waals surface area contributed by atoms with Crippen molar-refractivity contribution >= 4 is 54.3 Å². The Hall–Kier alpha value is -3.11. The molecule has 6 aromatic rings. The number of hydrogen-bond acceptors (Lipinski definition) is 4. The Labute approximate surface area is 177 Å². The molecule has 0 radical (unpaired) electrons. The van der Waals surface area contributed by atoms with Gasteiger partial charge in [0, 0.05) is 21.8 Å². The highest BCUT2D eigenvalue weighted by atomic mass is 32.1. The van der Waals surface area contributed by atoms with Crippen LogP contribution >= 0.6 is 11.3 Å². The van der Waals surface area contributed by atoms with Crippen molar-refractivity contribution in [2.45, 2.75) is 33.1 Å². The quantitative estimate of drug-likeness (QED) is 0.274. The summed E-state index contributed by atoms with van der Waals surface area (Å²) in [6, 6.07) is 12.8. The predicted molar refractivity (Wildman–Crippen MR) is 126 cm³/mol. The van der Waals surface area contributed by atoms with E-state index in [1.54, 1.807) is 11.3 Å². The molecule has 0 N–H and O–H groups in total. The summed E-state index contributed by atoms with van der Waals surface area (Å²) < 4.78 is 13.5. The normalized spacial score (nSPS) is 12.7. The molecule has 30 heavy (non-hydrogen) atoms. The van der Waals surface area contributed by atoms with Gasteiger partial charge >= 0.3 is 0 Å². The van der Waals surface area contributed by atoms with Crippen molar-refractivity contribution < 1.29 is 8.83 Å². The average molecular weight is 412 g/mol. The lowest BCUT2D eigenvalue weighted by Crippen LogP contribution is -2.11. The van der Waals surface area contributed by atoms with Crippen LogP contribution in [-0.2, 0) is 5.41 Å². The second-order valence-electron chi connectivity index (χ2n) is 8.98. The molecule has 0 aliphatic heterocycles. The molecule has 0 saturated heterocycles. The molecular formula is C26H21NO2S. The number of furan rings is 2. The van der Waals surface area contributed by atoms with E-state index in [4.69, 9.17) is 13.8 Å². The Balaban J connectivity index is 1.76. The summed E-state index contributed by atoms with van der Waals surface area (Å²) >= 11 is 1.80. The second-order valence-corrected chi connectivity index (χ2v) is 9.90. The fourth-order valence-corrected chi connectivity index (χ4v) is 5.52. The lowest BCUT2D eigenvalue weighted by Gasteiger charge is -2.21. The molecule has 0 spiro atoms. The number of fused-ring (bicyclic) bond motifs is 6. The van der Waals surface area contributed by atoms with Crippen molar-refractivity contribution in [3.8, 4) is 11.3 Å². The van der Waals surface area contributed by atoms with Crippen LogP contribution in [0.2, 0.25) is 0 Å². The molecule has 0 unspecified atom stereocenters. The number of aryl methyl sites for hydroxylation is 1. The maximum atomic E-state index is 6.20. The van der Waals surface area contributed by atoms with Gasteiger partial charge in [0.2, 0.25) is 0 Å². The molecule has 0 bridgehead atoms. The van der Waals surface area contributed by atoms with E-state index in [2.05, 4.69) is 57.3 Å². The summed E-state index contributed by atoms with van der Waals surface area (Å²) in [5.74, 6) is 0. The molecular weight excluding hydrogens is 390 g/mol. The second kappa shape index (κ2) is 5.96. The van der Waals surface area contributed by atoms with E-state index in [9.17, 15) is 0 Å². The van der Waals surface area contributed by atoms with Crippen LogP contribution in [0.3, 0.4) is 0 Å². The first kappa shape index (κ1) is 17.7. The minimum Gasteiger partial charge on any atom is -0.463 e. The summed E-state index contributed by atoms with van der Waals surface area (Å²) in [7, 11) is 0. The van der Waals surface area contributed by atoms with Crippen LogP contribution in [0, 0.1) is 6.92 Å². The van der Waals surface area contributed by atoms with Gasteiger partial charge < -0.3 is 8.83 Å². The van der Waals surface area contributed by atoms with Gasteiger partial charge in [0.1, 0.15) is 16.7 Å². The lowest BCUT2D eigenvalue weighted by atomic mass is 9.84. The largest absolute Gasteiger partial charge is 0.463 e. The molecule has 0 aliphatic carbocycles. The van der Waals surface area contributed by atoms with Gasteiger partial charge in [-0.05, 0) is 70.6 Å². The Bertz CT molecular complexity index is 1590. The van der Waals surface area contributed by atoms with Crippen molar-refractivity contribution in [2.24, 2.45) is 0 Å². The van der Waals surface area contributed by atoms with Gasteiger partial charge in [0.05, 0.1) is 22.7 Å². The lowest BCUT2D eigenvalue weighted by molar-refractivity contribution is 0.597. The molecule has 4 heterocycles. The minimum absolute atomic E-state index is 0.0386. The van der Waals surface area contributed by atoms with Gasteiger partial charge in [-0.15, -0.1) is 11.3 Å². The predicted octanol–water partition coefficient (Wildman–Crippen LogP) is 8.21. The Morgan fingerprint density at radius 3 is 2.63 bits per heavy atom. The minimum atomic E-state index is 0.0386. The molecule has 3 nitrogen and oxygen atoms in total. The first-order chi connectivity index (χ1) is 14.4. The fourth-order valence-electron chi connectivity index (χ4n) is 4.41. The van der Waals surface area contributed by atoms with Gasteiger partial charge in [-0.3, -0.25) is 4.98 Å². The van der Waals surface area contributed by atoms with Crippen LogP contribution in [0.1, 0.15) is 31.9 Å². The van der Waals surface area contributed by atoms with Gasteiger partial charge in [-0.1, -0.05) is 20.8 Å². The molecule has 4 aromatic heterocycles. The highest BCUT2D eigenvalue weighted by molar-refractivity contribution is 7.17. The van der Waals surface area contributed by atoms with E-state index >= 15 is 0 Å². The topological polar surface area (TPSA) is 39.2 Å². The van der Waals surface area contributed by atoms with Gasteiger partial charge in [0.15, 0.2) is 0 Å². The summed E-state index contributed by atoms with van der Waals surface area (Å²) in [5, 5.41) is 6.56. The Kier molecular flexibility index (Phi) is 3.52. The van der Waals surface area contributed by atoms with Crippen molar-refractivity contribution in [1.29, 1.82) is 0 Å². The van der Waals surface area contributed by atoms with E-state index in [0.717, 1.165) is 49.7 Å². The number of benzene rings is 2. The summed E-state index contributed by atoms with van der Waals surface area (Å²) in [6.45, 7) is 8.87.